The molecule has 1 amide bonds. The number of carbonyl (C=O) groups excluding carboxylic acids is 1. The molecule has 0 fully saturated rings. The second-order valence-electron chi connectivity index (χ2n) is 3.59. The summed E-state index contributed by atoms with van der Waals surface area (Å²) in [6.45, 7) is 3.76. The second-order valence-corrected chi connectivity index (χ2v) is 4.38. The van der Waals surface area contributed by atoms with Crippen LogP contribution in [0.5, 0.6) is 0 Å². The van der Waals surface area contributed by atoms with Crippen LogP contribution in [0.25, 0.3) is 0 Å². The Labute approximate surface area is 86.3 Å². The van der Waals surface area contributed by atoms with Crippen molar-refractivity contribution < 1.29 is 9.90 Å². The highest BCUT2D eigenvalue weighted by molar-refractivity contribution is 7.07. The highest BCUT2D eigenvalue weighted by Crippen LogP contribution is 2.10. The zero-order chi connectivity index (χ0) is 10.6. The molecule has 6 heteroatoms. The van der Waals surface area contributed by atoms with E-state index in [4.69, 9.17) is 5.11 Å². The van der Waals surface area contributed by atoms with Crippen molar-refractivity contribution in [2.24, 2.45) is 0 Å². The first-order chi connectivity index (χ1) is 6.55. The predicted octanol–water partition coefficient (Wildman–Crippen LogP) is 0.429. The molecule has 1 aromatic heterocycles. The van der Waals surface area contributed by atoms with Crippen LogP contribution in [0.2, 0.25) is 0 Å². The molecule has 0 unspecified atom stereocenters. The molecule has 1 heterocycles. The summed E-state index contributed by atoms with van der Waals surface area (Å²) in [6, 6.07) is 0. The van der Waals surface area contributed by atoms with E-state index in [1.54, 1.807) is 0 Å². The summed E-state index contributed by atoms with van der Waals surface area (Å²) in [5, 5.41) is 15.1. The van der Waals surface area contributed by atoms with Crippen LogP contribution < -0.4 is 5.32 Å². The maximum atomic E-state index is 11.5. The van der Waals surface area contributed by atoms with Crippen molar-refractivity contribution in [1.82, 2.24) is 14.9 Å². The van der Waals surface area contributed by atoms with Crippen molar-refractivity contribution in [3.05, 3.63) is 11.1 Å². The van der Waals surface area contributed by atoms with Crippen LogP contribution >= 0.6 is 11.5 Å². The SMILES string of the molecule is CC(C)(CCO)NC(=O)c1cnns1. The highest BCUT2D eigenvalue weighted by Gasteiger charge is 2.21. The molecular formula is C8H13N3O2S. The summed E-state index contributed by atoms with van der Waals surface area (Å²) >= 11 is 1.05. The summed E-state index contributed by atoms with van der Waals surface area (Å²) in [4.78, 5) is 12.0. The van der Waals surface area contributed by atoms with Crippen LogP contribution in [-0.4, -0.2) is 32.7 Å². The van der Waals surface area contributed by atoms with E-state index < -0.39 is 5.54 Å². The zero-order valence-electron chi connectivity index (χ0n) is 8.15. The lowest BCUT2D eigenvalue weighted by molar-refractivity contribution is 0.0903. The van der Waals surface area contributed by atoms with Crippen LogP contribution in [0, 0.1) is 0 Å². The number of carbonyl (C=O) groups is 1. The van der Waals surface area contributed by atoms with Crippen molar-refractivity contribution in [3.63, 3.8) is 0 Å². The van der Waals surface area contributed by atoms with Gasteiger partial charge in [0.25, 0.3) is 5.91 Å². The van der Waals surface area contributed by atoms with Crippen LogP contribution in [0.15, 0.2) is 6.20 Å². The number of hydrogen-bond donors (Lipinski definition) is 2. The van der Waals surface area contributed by atoms with Gasteiger partial charge in [0.2, 0.25) is 0 Å². The topological polar surface area (TPSA) is 75.1 Å². The van der Waals surface area contributed by atoms with E-state index in [0.717, 1.165) is 11.5 Å². The third kappa shape index (κ3) is 3.04. The fourth-order valence-corrected chi connectivity index (χ4v) is 1.39. The minimum Gasteiger partial charge on any atom is -0.396 e. The molecule has 0 aliphatic heterocycles. The minimum atomic E-state index is -0.407. The molecule has 78 valence electrons. The van der Waals surface area contributed by atoms with Gasteiger partial charge in [0.1, 0.15) is 4.88 Å². The van der Waals surface area contributed by atoms with E-state index in [9.17, 15) is 4.79 Å². The van der Waals surface area contributed by atoms with E-state index in [0.29, 0.717) is 11.3 Å². The van der Waals surface area contributed by atoms with Gasteiger partial charge in [-0.25, -0.2) is 0 Å². The monoisotopic (exact) mass is 215 g/mol. The molecule has 0 atom stereocenters. The smallest absolute Gasteiger partial charge is 0.265 e. The first-order valence-electron chi connectivity index (χ1n) is 4.26. The molecule has 5 nitrogen and oxygen atoms in total. The Balaban J connectivity index is 2.57. The molecule has 0 saturated carbocycles. The third-order valence-corrected chi connectivity index (χ3v) is 2.44. The van der Waals surface area contributed by atoms with Gasteiger partial charge in [0.15, 0.2) is 0 Å². The zero-order valence-corrected chi connectivity index (χ0v) is 8.97. The van der Waals surface area contributed by atoms with Gasteiger partial charge in [-0.3, -0.25) is 4.79 Å². The quantitative estimate of drug-likeness (QED) is 0.763. The number of rotatable bonds is 4. The van der Waals surface area contributed by atoms with Crippen LogP contribution in [0.3, 0.4) is 0 Å². The molecule has 0 saturated heterocycles. The number of aliphatic hydroxyl groups is 1. The summed E-state index contributed by atoms with van der Waals surface area (Å²) in [5.41, 5.74) is -0.407. The average Bonchev–Trinajstić information content (AvgIpc) is 2.53. The molecule has 0 radical (unpaired) electrons. The van der Waals surface area contributed by atoms with Gasteiger partial charge in [-0.05, 0) is 31.8 Å². The number of aromatic nitrogens is 2. The Hall–Kier alpha value is -1.01. The van der Waals surface area contributed by atoms with Crippen LogP contribution in [-0.2, 0) is 0 Å². The third-order valence-electron chi connectivity index (χ3n) is 1.77. The van der Waals surface area contributed by atoms with Gasteiger partial charge in [-0.2, -0.15) is 0 Å². The molecule has 0 aliphatic carbocycles. The summed E-state index contributed by atoms with van der Waals surface area (Å²) < 4.78 is 3.60. The molecule has 0 aliphatic rings. The Morgan fingerprint density at radius 2 is 2.43 bits per heavy atom. The molecule has 14 heavy (non-hydrogen) atoms. The van der Waals surface area contributed by atoms with Crippen molar-refractivity contribution in [3.8, 4) is 0 Å². The fourth-order valence-electron chi connectivity index (χ4n) is 0.978. The normalized spacial score (nSPS) is 11.4. The van der Waals surface area contributed by atoms with Crippen molar-refractivity contribution in [2.45, 2.75) is 25.8 Å². The number of amides is 1. The standard InChI is InChI=1S/C8H13N3O2S/c1-8(2,3-4-12)10-7(13)6-5-9-11-14-6/h5,12H,3-4H2,1-2H3,(H,10,13). The van der Waals surface area contributed by atoms with Gasteiger partial charge < -0.3 is 10.4 Å². The number of nitrogens with one attached hydrogen (secondary N) is 1. The average molecular weight is 215 g/mol. The summed E-state index contributed by atoms with van der Waals surface area (Å²) in [7, 11) is 0. The lowest BCUT2D eigenvalue weighted by Crippen LogP contribution is -2.43. The lowest BCUT2D eigenvalue weighted by Gasteiger charge is -2.24. The van der Waals surface area contributed by atoms with Crippen LogP contribution in [0.1, 0.15) is 29.9 Å². The Kier molecular flexibility index (Phi) is 3.54. The number of nitrogens with zero attached hydrogens (tertiary/aromatic N) is 2. The van der Waals surface area contributed by atoms with Crippen molar-refractivity contribution in [2.75, 3.05) is 6.61 Å². The van der Waals surface area contributed by atoms with Gasteiger partial charge in [0.05, 0.1) is 6.20 Å². The molecule has 0 bridgehead atoms. The first kappa shape index (κ1) is 11.1. The second kappa shape index (κ2) is 4.47. The maximum Gasteiger partial charge on any atom is 0.265 e. The predicted molar refractivity (Wildman–Crippen MR) is 53.2 cm³/mol. The Bertz CT molecular complexity index is 298. The highest BCUT2D eigenvalue weighted by atomic mass is 32.1. The number of aliphatic hydroxyl groups excluding tert-OH is 1. The van der Waals surface area contributed by atoms with Gasteiger partial charge in [-0.15, -0.1) is 5.10 Å². The molecular weight excluding hydrogens is 202 g/mol. The van der Waals surface area contributed by atoms with E-state index in [1.807, 2.05) is 13.8 Å². The molecule has 2 N–H and O–H groups in total. The number of hydrogen-bond acceptors (Lipinski definition) is 5. The van der Waals surface area contributed by atoms with Crippen molar-refractivity contribution in [1.29, 1.82) is 0 Å². The molecule has 1 rings (SSSR count). The summed E-state index contributed by atoms with van der Waals surface area (Å²) in [6.07, 6.45) is 1.94. The van der Waals surface area contributed by atoms with Gasteiger partial charge in [0, 0.05) is 12.1 Å². The van der Waals surface area contributed by atoms with Gasteiger partial charge in [-0.1, -0.05) is 4.49 Å². The minimum absolute atomic E-state index is 0.0498. The molecule has 1 aromatic rings. The van der Waals surface area contributed by atoms with Gasteiger partial charge >= 0.3 is 0 Å². The van der Waals surface area contributed by atoms with E-state index in [1.165, 1.54) is 6.20 Å². The Morgan fingerprint density at radius 3 is 2.93 bits per heavy atom. The Morgan fingerprint density at radius 1 is 1.71 bits per heavy atom. The van der Waals surface area contributed by atoms with Crippen molar-refractivity contribution >= 4 is 17.4 Å². The molecule has 0 aromatic carbocycles. The van der Waals surface area contributed by atoms with E-state index in [-0.39, 0.29) is 12.5 Å². The van der Waals surface area contributed by atoms with Crippen LogP contribution in [0.4, 0.5) is 0 Å². The van der Waals surface area contributed by atoms with E-state index in [2.05, 4.69) is 14.9 Å². The maximum absolute atomic E-state index is 11.5. The fraction of sp³-hybridized carbons (Fsp3) is 0.625. The lowest BCUT2D eigenvalue weighted by atomic mass is 10.0. The summed E-state index contributed by atoms with van der Waals surface area (Å²) in [5.74, 6) is -0.196. The molecule has 0 spiro atoms. The first-order valence-corrected chi connectivity index (χ1v) is 5.03. The van der Waals surface area contributed by atoms with E-state index >= 15 is 0 Å². The largest absolute Gasteiger partial charge is 0.396 e.